The SMILES string of the molecule is Oc1ccc2nc(Cl)n(-c3ccccc3SC(F)(F)F)c2n1. The number of pyridine rings is 1. The van der Waals surface area contributed by atoms with Gasteiger partial charge < -0.3 is 5.11 Å². The van der Waals surface area contributed by atoms with Crippen molar-refractivity contribution in [3.8, 4) is 11.6 Å². The van der Waals surface area contributed by atoms with E-state index in [1.807, 2.05) is 0 Å². The fourth-order valence-electron chi connectivity index (χ4n) is 1.99. The van der Waals surface area contributed by atoms with Crippen molar-refractivity contribution in [1.82, 2.24) is 14.5 Å². The Morgan fingerprint density at radius 3 is 2.55 bits per heavy atom. The summed E-state index contributed by atoms with van der Waals surface area (Å²) in [6.07, 6.45) is 0. The fraction of sp³-hybridized carbons (Fsp3) is 0.0769. The highest BCUT2D eigenvalue weighted by Crippen LogP contribution is 2.40. The van der Waals surface area contributed by atoms with Crippen LogP contribution in [-0.2, 0) is 0 Å². The van der Waals surface area contributed by atoms with Gasteiger partial charge in [-0.2, -0.15) is 18.2 Å². The normalized spacial score (nSPS) is 12.0. The summed E-state index contributed by atoms with van der Waals surface area (Å²) in [5, 5.41) is 9.45. The molecule has 0 aliphatic carbocycles. The number of hydrogen-bond donors (Lipinski definition) is 1. The zero-order valence-electron chi connectivity index (χ0n) is 10.7. The molecule has 1 aromatic carbocycles. The molecule has 3 aromatic rings. The van der Waals surface area contributed by atoms with E-state index in [1.165, 1.54) is 34.9 Å². The molecule has 0 fully saturated rings. The van der Waals surface area contributed by atoms with Crippen molar-refractivity contribution in [2.45, 2.75) is 10.4 Å². The Labute approximate surface area is 131 Å². The van der Waals surface area contributed by atoms with Gasteiger partial charge in [0.15, 0.2) is 5.65 Å². The van der Waals surface area contributed by atoms with E-state index in [0.29, 0.717) is 5.52 Å². The van der Waals surface area contributed by atoms with Crippen LogP contribution in [0.2, 0.25) is 5.28 Å². The summed E-state index contributed by atoms with van der Waals surface area (Å²) in [4.78, 5) is 7.88. The molecule has 4 nitrogen and oxygen atoms in total. The van der Waals surface area contributed by atoms with E-state index < -0.39 is 5.51 Å². The highest BCUT2D eigenvalue weighted by atomic mass is 35.5. The first kappa shape index (κ1) is 15.0. The van der Waals surface area contributed by atoms with E-state index in [1.54, 1.807) is 6.07 Å². The molecule has 0 saturated heterocycles. The second-order valence-electron chi connectivity index (χ2n) is 4.24. The highest BCUT2D eigenvalue weighted by Gasteiger charge is 2.31. The Balaban J connectivity index is 2.24. The Morgan fingerprint density at radius 1 is 1.09 bits per heavy atom. The second kappa shape index (κ2) is 5.36. The summed E-state index contributed by atoms with van der Waals surface area (Å²) in [6.45, 7) is 0. The smallest absolute Gasteiger partial charge is 0.446 e. The van der Waals surface area contributed by atoms with Crippen LogP contribution in [0.15, 0.2) is 41.3 Å². The van der Waals surface area contributed by atoms with E-state index in [2.05, 4.69) is 9.97 Å². The number of alkyl halides is 3. The van der Waals surface area contributed by atoms with Gasteiger partial charge in [0, 0.05) is 11.0 Å². The van der Waals surface area contributed by atoms with Gasteiger partial charge in [-0.25, -0.2) is 4.98 Å². The van der Waals surface area contributed by atoms with E-state index in [9.17, 15) is 18.3 Å². The van der Waals surface area contributed by atoms with Gasteiger partial charge in [0.25, 0.3) is 0 Å². The molecule has 2 heterocycles. The summed E-state index contributed by atoms with van der Waals surface area (Å²) < 4.78 is 39.3. The number of aromatic hydroxyl groups is 1. The van der Waals surface area contributed by atoms with Crippen LogP contribution >= 0.6 is 23.4 Å². The first-order chi connectivity index (χ1) is 10.3. The first-order valence-electron chi connectivity index (χ1n) is 5.94. The molecule has 9 heteroatoms. The molecular formula is C13H7ClF3N3OS. The molecule has 114 valence electrons. The summed E-state index contributed by atoms with van der Waals surface area (Å²) >= 11 is 5.79. The van der Waals surface area contributed by atoms with Crippen molar-refractivity contribution in [2.24, 2.45) is 0 Å². The van der Waals surface area contributed by atoms with Crippen molar-refractivity contribution in [3.63, 3.8) is 0 Å². The number of thioether (sulfide) groups is 1. The van der Waals surface area contributed by atoms with Crippen LogP contribution in [0.3, 0.4) is 0 Å². The predicted octanol–water partition coefficient (Wildman–Crippen LogP) is 4.39. The van der Waals surface area contributed by atoms with Gasteiger partial charge in [0.2, 0.25) is 11.2 Å². The molecule has 0 aliphatic rings. The highest BCUT2D eigenvalue weighted by molar-refractivity contribution is 8.00. The maximum absolute atomic E-state index is 12.7. The molecule has 1 N–H and O–H groups in total. The predicted molar refractivity (Wildman–Crippen MR) is 77.5 cm³/mol. The Hall–Kier alpha value is -1.93. The van der Waals surface area contributed by atoms with E-state index in [-0.39, 0.29) is 39.2 Å². The fourth-order valence-corrected chi connectivity index (χ4v) is 2.91. The standard InChI is InChI=1S/C13H7ClF3N3OS/c14-12-18-7-5-6-10(21)19-11(7)20(12)8-3-1-2-4-9(8)22-13(15,16)17/h1-6H,(H,19,21). The maximum Gasteiger partial charge on any atom is 0.446 e. The topological polar surface area (TPSA) is 50.9 Å². The van der Waals surface area contributed by atoms with Crippen LogP contribution in [0.5, 0.6) is 5.88 Å². The third-order valence-electron chi connectivity index (χ3n) is 2.78. The molecule has 0 spiro atoms. The van der Waals surface area contributed by atoms with E-state index >= 15 is 0 Å². The molecule has 0 radical (unpaired) electrons. The number of fused-ring (bicyclic) bond motifs is 1. The Kier molecular flexibility index (Phi) is 3.65. The zero-order chi connectivity index (χ0) is 15.9. The molecule has 0 saturated carbocycles. The van der Waals surface area contributed by atoms with Crippen molar-refractivity contribution in [2.75, 3.05) is 0 Å². The summed E-state index contributed by atoms with van der Waals surface area (Å²) in [7, 11) is 0. The van der Waals surface area contributed by atoms with Crippen molar-refractivity contribution >= 4 is 34.5 Å². The zero-order valence-corrected chi connectivity index (χ0v) is 12.2. The largest absolute Gasteiger partial charge is 0.493 e. The van der Waals surface area contributed by atoms with Gasteiger partial charge in [-0.05, 0) is 41.6 Å². The summed E-state index contributed by atoms with van der Waals surface area (Å²) in [5.41, 5.74) is -3.69. The minimum absolute atomic E-state index is 0.0386. The molecule has 0 unspecified atom stereocenters. The third-order valence-corrected chi connectivity index (χ3v) is 3.83. The number of halogens is 4. The van der Waals surface area contributed by atoms with Crippen LogP contribution in [0.1, 0.15) is 0 Å². The molecule has 0 bridgehead atoms. The number of para-hydroxylation sites is 1. The number of imidazole rings is 1. The van der Waals surface area contributed by atoms with Crippen molar-refractivity contribution in [1.29, 1.82) is 0 Å². The second-order valence-corrected chi connectivity index (χ2v) is 5.69. The summed E-state index contributed by atoms with van der Waals surface area (Å²) in [6, 6.07) is 8.70. The molecule has 22 heavy (non-hydrogen) atoms. The monoisotopic (exact) mass is 345 g/mol. The maximum atomic E-state index is 12.7. The van der Waals surface area contributed by atoms with Crippen LogP contribution in [0.4, 0.5) is 13.2 Å². The van der Waals surface area contributed by atoms with E-state index in [4.69, 9.17) is 11.6 Å². The molecule has 0 aliphatic heterocycles. The van der Waals surface area contributed by atoms with Crippen LogP contribution < -0.4 is 0 Å². The molecule has 0 atom stereocenters. The number of benzene rings is 1. The lowest BCUT2D eigenvalue weighted by Crippen LogP contribution is -2.03. The average molecular weight is 346 g/mol. The quantitative estimate of drug-likeness (QED) is 0.700. The third kappa shape index (κ3) is 2.84. The number of hydrogen-bond acceptors (Lipinski definition) is 4. The van der Waals surface area contributed by atoms with Crippen molar-refractivity contribution in [3.05, 3.63) is 41.7 Å². The van der Waals surface area contributed by atoms with Gasteiger partial charge in [-0.3, -0.25) is 4.57 Å². The van der Waals surface area contributed by atoms with Crippen LogP contribution in [-0.4, -0.2) is 25.1 Å². The van der Waals surface area contributed by atoms with Crippen LogP contribution in [0, 0.1) is 0 Å². The lowest BCUT2D eigenvalue weighted by Gasteiger charge is -2.12. The lowest BCUT2D eigenvalue weighted by atomic mass is 10.3. The van der Waals surface area contributed by atoms with Gasteiger partial charge in [-0.1, -0.05) is 12.1 Å². The molecular weight excluding hydrogens is 339 g/mol. The van der Waals surface area contributed by atoms with E-state index in [0.717, 1.165) is 0 Å². The minimum Gasteiger partial charge on any atom is -0.493 e. The van der Waals surface area contributed by atoms with Gasteiger partial charge in [0.05, 0.1) is 5.69 Å². The van der Waals surface area contributed by atoms with Gasteiger partial charge in [-0.15, -0.1) is 0 Å². The number of rotatable bonds is 2. The first-order valence-corrected chi connectivity index (χ1v) is 7.14. The average Bonchev–Trinajstić information content (AvgIpc) is 2.73. The van der Waals surface area contributed by atoms with Gasteiger partial charge in [0.1, 0.15) is 5.52 Å². The lowest BCUT2D eigenvalue weighted by molar-refractivity contribution is -0.0328. The Morgan fingerprint density at radius 2 is 1.82 bits per heavy atom. The number of nitrogens with zero attached hydrogens (tertiary/aromatic N) is 3. The molecule has 3 rings (SSSR count). The Bertz CT molecular complexity index is 850. The minimum atomic E-state index is -4.44. The summed E-state index contributed by atoms with van der Waals surface area (Å²) in [5.74, 6) is -0.272. The molecule has 2 aromatic heterocycles. The van der Waals surface area contributed by atoms with Gasteiger partial charge >= 0.3 is 5.51 Å². The number of aromatic nitrogens is 3. The van der Waals surface area contributed by atoms with Crippen molar-refractivity contribution < 1.29 is 18.3 Å². The van der Waals surface area contributed by atoms with Crippen LogP contribution in [0.25, 0.3) is 16.9 Å². The molecule has 0 amide bonds.